The Labute approximate surface area is 179 Å². The highest BCUT2D eigenvalue weighted by atomic mass is 32.2. The fraction of sp³-hybridized carbons (Fsp3) is 0.545. The van der Waals surface area contributed by atoms with Gasteiger partial charge in [0.1, 0.15) is 16.8 Å². The quantitative estimate of drug-likeness (QED) is 0.736. The van der Waals surface area contributed by atoms with Crippen LogP contribution in [0.25, 0.3) is 0 Å². The number of anilines is 1. The van der Waals surface area contributed by atoms with Crippen LogP contribution in [0, 0.1) is 0 Å². The Kier molecular flexibility index (Phi) is 5.61. The zero-order valence-corrected chi connectivity index (χ0v) is 18.0. The third-order valence-corrected chi connectivity index (χ3v) is 7.62. The molecule has 2 atom stereocenters. The number of hydrogen-bond donors (Lipinski definition) is 1. The van der Waals surface area contributed by atoms with Gasteiger partial charge < -0.3 is 10.1 Å². The number of esters is 1. The number of methoxy groups -OCH3 is 1. The molecule has 1 N–H and O–H groups in total. The summed E-state index contributed by atoms with van der Waals surface area (Å²) in [6.45, 7) is 1.47. The second-order valence-electron chi connectivity index (χ2n) is 8.24. The third-order valence-electron chi connectivity index (χ3n) is 6.35. The molecule has 0 radical (unpaired) electrons. The van der Waals surface area contributed by atoms with E-state index >= 15 is 0 Å². The second-order valence-corrected chi connectivity index (χ2v) is 9.80. The molecule has 30 heavy (non-hydrogen) atoms. The van der Waals surface area contributed by atoms with Crippen LogP contribution in [0.4, 0.5) is 5.69 Å². The van der Waals surface area contributed by atoms with E-state index in [1.807, 2.05) is 18.2 Å². The number of rotatable bonds is 4. The highest BCUT2D eigenvalue weighted by Crippen LogP contribution is 2.43. The van der Waals surface area contributed by atoms with Crippen LogP contribution in [-0.4, -0.2) is 46.8 Å². The predicted octanol–water partition coefficient (Wildman–Crippen LogP) is 2.14. The normalized spacial score (nSPS) is 24.2. The maximum absolute atomic E-state index is 13.5. The van der Waals surface area contributed by atoms with Crippen LogP contribution in [0.15, 0.2) is 18.2 Å². The summed E-state index contributed by atoms with van der Waals surface area (Å²) in [5, 5.41) is 2.85. The SMILES string of the molecule is COC(=O)[C@@H]1Cc2cccc3c2N1C(=O)C(NC(=O)C1(SC(C)=O)CCCC1)CC3. The lowest BCUT2D eigenvalue weighted by atomic mass is 10.0. The average Bonchev–Trinajstić information content (AvgIpc) is 3.31. The zero-order valence-electron chi connectivity index (χ0n) is 17.2. The molecule has 1 aliphatic carbocycles. The number of hydrogen-bond acceptors (Lipinski definition) is 6. The van der Waals surface area contributed by atoms with Crippen molar-refractivity contribution in [1.29, 1.82) is 0 Å². The van der Waals surface area contributed by atoms with Crippen molar-refractivity contribution < 1.29 is 23.9 Å². The van der Waals surface area contributed by atoms with Crippen molar-refractivity contribution >= 4 is 40.3 Å². The van der Waals surface area contributed by atoms with Gasteiger partial charge in [-0.1, -0.05) is 42.8 Å². The number of amides is 2. The summed E-state index contributed by atoms with van der Waals surface area (Å²) in [4.78, 5) is 52.5. The van der Waals surface area contributed by atoms with Crippen molar-refractivity contribution in [3.63, 3.8) is 0 Å². The van der Waals surface area contributed by atoms with E-state index in [0.717, 1.165) is 41.4 Å². The molecule has 0 spiro atoms. The first-order valence-electron chi connectivity index (χ1n) is 10.4. The first kappa shape index (κ1) is 20.9. The molecule has 4 rings (SSSR count). The number of thioether (sulfide) groups is 1. The van der Waals surface area contributed by atoms with Gasteiger partial charge in [-0.25, -0.2) is 4.79 Å². The van der Waals surface area contributed by atoms with Crippen molar-refractivity contribution in [2.45, 2.75) is 68.7 Å². The molecule has 160 valence electrons. The van der Waals surface area contributed by atoms with Crippen molar-refractivity contribution in [3.8, 4) is 0 Å². The summed E-state index contributed by atoms with van der Waals surface area (Å²) in [7, 11) is 1.32. The number of carbonyl (C=O) groups excluding carboxylic acids is 4. The lowest BCUT2D eigenvalue weighted by Gasteiger charge is -2.30. The first-order valence-corrected chi connectivity index (χ1v) is 11.2. The molecule has 2 amide bonds. The van der Waals surface area contributed by atoms with Gasteiger partial charge in [0.25, 0.3) is 0 Å². The third kappa shape index (κ3) is 3.51. The molecule has 2 heterocycles. The van der Waals surface area contributed by atoms with Gasteiger partial charge in [0.15, 0.2) is 5.12 Å². The lowest BCUT2D eigenvalue weighted by molar-refractivity contribution is -0.143. The molecule has 1 fully saturated rings. The first-order chi connectivity index (χ1) is 14.4. The van der Waals surface area contributed by atoms with Gasteiger partial charge in [-0.2, -0.15) is 0 Å². The number of ether oxygens (including phenoxy) is 1. The van der Waals surface area contributed by atoms with E-state index in [0.29, 0.717) is 32.1 Å². The van der Waals surface area contributed by atoms with Gasteiger partial charge in [-0.05, 0) is 36.8 Å². The summed E-state index contributed by atoms with van der Waals surface area (Å²) >= 11 is 1.08. The molecule has 7 nitrogen and oxygen atoms in total. The van der Waals surface area contributed by atoms with E-state index in [2.05, 4.69) is 5.32 Å². The number of carbonyl (C=O) groups is 4. The van der Waals surface area contributed by atoms with Crippen LogP contribution in [0.5, 0.6) is 0 Å². The van der Waals surface area contributed by atoms with Crippen molar-refractivity contribution in [2.75, 3.05) is 12.0 Å². The van der Waals surface area contributed by atoms with Crippen molar-refractivity contribution in [3.05, 3.63) is 29.3 Å². The minimum Gasteiger partial charge on any atom is -0.467 e. The minimum absolute atomic E-state index is 0.0958. The highest BCUT2D eigenvalue weighted by Gasteiger charge is 2.47. The minimum atomic E-state index is -0.802. The van der Waals surface area contributed by atoms with Gasteiger partial charge >= 0.3 is 5.97 Å². The Balaban J connectivity index is 1.62. The lowest BCUT2D eigenvalue weighted by Crippen LogP contribution is -2.55. The Morgan fingerprint density at radius 3 is 2.57 bits per heavy atom. The Morgan fingerprint density at radius 1 is 1.20 bits per heavy atom. The largest absolute Gasteiger partial charge is 0.467 e. The van der Waals surface area contributed by atoms with Crippen LogP contribution >= 0.6 is 11.8 Å². The Hall–Kier alpha value is -2.35. The van der Waals surface area contributed by atoms with Gasteiger partial charge in [0.2, 0.25) is 11.8 Å². The van der Waals surface area contributed by atoms with Crippen LogP contribution in [-0.2, 0) is 36.8 Å². The van der Waals surface area contributed by atoms with E-state index in [-0.39, 0.29) is 16.9 Å². The highest BCUT2D eigenvalue weighted by molar-refractivity contribution is 8.15. The fourth-order valence-corrected chi connectivity index (χ4v) is 6.17. The molecular weight excluding hydrogens is 404 g/mol. The van der Waals surface area contributed by atoms with Crippen LogP contribution in [0.3, 0.4) is 0 Å². The van der Waals surface area contributed by atoms with E-state index in [9.17, 15) is 19.2 Å². The molecule has 3 aliphatic rings. The van der Waals surface area contributed by atoms with E-state index in [1.54, 1.807) is 0 Å². The molecule has 1 aromatic carbocycles. The Bertz CT molecular complexity index is 909. The Morgan fingerprint density at radius 2 is 1.90 bits per heavy atom. The molecule has 2 aliphatic heterocycles. The molecular formula is C22H26N2O5S. The monoisotopic (exact) mass is 430 g/mol. The van der Waals surface area contributed by atoms with Crippen LogP contribution in [0.2, 0.25) is 0 Å². The van der Waals surface area contributed by atoms with Gasteiger partial charge in [-0.15, -0.1) is 0 Å². The van der Waals surface area contributed by atoms with E-state index in [4.69, 9.17) is 4.74 Å². The standard InChI is InChI=1S/C22H26N2O5S/c1-13(25)30-22(10-3-4-11-22)21(28)23-16-9-8-14-6-5-7-15-12-17(20(27)29-2)24(18(14)15)19(16)26/h5-7,16-17H,3-4,8-12H2,1-2H3,(H,23,28)/t16?,17-/m0/s1. The molecule has 1 unspecified atom stereocenters. The summed E-state index contributed by atoms with van der Waals surface area (Å²) in [6, 6.07) is 4.37. The van der Waals surface area contributed by atoms with Gasteiger partial charge in [0.05, 0.1) is 12.8 Å². The van der Waals surface area contributed by atoms with Crippen molar-refractivity contribution in [2.24, 2.45) is 0 Å². The maximum atomic E-state index is 13.5. The maximum Gasteiger partial charge on any atom is 0.329 e. The summed E-state index contributed by atoms with van der Waals surface area (Å²) in [5.74, 6) is -1.00. The number of benzene rings is 1. The smallest absolute Gasteiger partial charge is 0.329 e. The summed E-state index contributed by atoms with van der Waals surface area (Å²) < 4.78 is 4.14. The van der Waals surface area contributed by atoms with Crippen LogP contribution in [0.1, 0.15) is 50.2 Å². The molecule has 8 heteroatoms. The van der Waals surface area contributed by atoms with Crippen LogP contribution < -0.4 is 10.2 Å². The molecule has 0 bridgehead atoms. The number of aryl methyl sites for hydroxylation is 1. The molecule has 0 saturated heterocycles. The summed E-state index contributed by atoms with van der Waals surface area (Å²) in [6.07, 6.45) is 4.51. The topological polar surface area (TPSA) is 92.8 Å². The molecule has 0 aromatic heterocycles. The number of para-hydroxylation sites is 1. The molecule has 1 saturated carbocycles. The van der Waals surface area contributed by atoms with Crippen molar-refractivity contribution in [1.82, 2.24) is 5.32 Å². The zero-order chi connectivity index (χ0) is 21.5. The van der Waals surface area contributed by atoms with Gasteiger partial charge in [-0.3, -0.25) is 19.3 Å². The van der Waals surface area contributed by atoms with E-state index < -0.39 is 22.8 Å². The average molecular weight is 431 g/mol. The number of nitrogens with zero attached hydrogens (tertiary/aromatic N) is 1. The number of nitrogens with one attached hydrogen (secondary N) is 1. The molecule has 1 aromatic rings. The van der Waals surface area contributed by atoms with Gasteiger partial charge in [0, 0.05) is 13.3 Å². The summed E-state index contributed by atoms with van der Waals surface area (Å²) in [5.41, 5.74) is 2.73. The fourth-order valence-electron chi connectivity index (χ4n) is 4.98. The van der Waals surface area contributed by atoms with E-state index in [1.165, 1.54) is 18.9 Å². The predicted molar refractivity (Wildman–Crippen MR) is 113 cm³/mol. The second kappa shape index (κ2) is 8.06.